The molecular weight excluding hydrogens is 408 g/mol. The second-order valence-corrected chi connectivity index (χ2v) is 7.62. The van der Waals surface area contributed by atoms with Crippen LogP contribution in [-0.2, 0) is 10.8 Å². The van der Waals surface area contributed by atoms with Gasteiger partial charge in [-0.05, 0) is 24.6 Å². The predicted molar refractivity (Wildman–Crippen MR) is 99.1 cm³/mol. The summed E-state index contributed by atoms with van der Waals surface area (Å²) in [4.78, 5) is 8.37. The van der Waals surface area contributed by atoms with Gasteiger partial charge in [0.05, 0.1) is 31.4 Å². The topological polar surface area (TPSA) is 42.3 Å². The molecule has 26 heavy (non-hydrogen) atoms. The highest BCUT2D eigenvalue weighted by Crippen LogP contribution is 2.35. The van der Waals surface area contributed by atoms with E-state index in [4.69, 9.17) is 23.2 Å². The molecule has 0 aliphatic rings. The maximum absolute atomic E-state index is 12.5. The Morgan fingerprint density at radius 3 is 2.58 bits per heavy atom. The molecular formula is C17H15Cl2F3N2OS. The zero-order valence-corrected chi connectivity index (χ0v) is 16.0. The van der Waals surface area contributed by atoms with Gasteiger partial charge in [0.2, 0.25) is 0 Å². The summed E-state index contributed by atoms with van der Waals surface area (Å²) in [5.74, 6) is -1.48. The summed E-state index contributed by atoms with van der Waals surface area (Å²) in [7, 11) is -2.34. The molecule has 0 aliphatic heterocycles. The van der Waals surface area contributed by atoms with E-state index in [9.17, 15) is 17.4 Å². The summed E-state index contributed by atoms with van der Waals surface area (Å²) < 4.78 is 49.6. The molecule has 2 aromatic rings. The maximum Gasteiger partial charge on any atom is 0.400 e. The van der Waals surface area contributed by atoms with Gasteiger partial charge in [-0.2, -0.15) is 13.2 Å². The van der Waals surface area contributed by atoms with E-state index in [1.54, 1.807) is 18.5 Å². The fourth-order valence-corrected chi connectivity index (χ4v) is 3.84. The van der Waals surface area contributed by atoms with E-state index in [1.807, 2.05) is 13.0 Å². The minimum Gasteiger partial charge on any atom is -0.264 e. The van der Waals surface area contributed by atoms with Gasteiger partial charge < -0.3 is 0 Å². The second-order valence-electron chi connectivity index (χ2n) is 5.39. The number of halogens is 5. The predicted octanol–water partition coefficient (Wildman–Crippen LogP) is 5.98. The van der Waals surface area contributed by atoms with Crippen molar-refractivity contribution < 1.29 is 17.4 Å². The van der Waals surface area contributed by atoms with Crippen molar-refractivity contribution in [2.45, 2.75) is 30.8 Å². The quantitative estimate of drug-likeness (QED) is 0.537. The zero-order valence-electron chi connectivity index (χ0n) is 13.7. The van der Waals surface area contributed by atoms with E-state index < -0.39 is 22.7 Å². The molecule has 3 nitrogen and oxygen atoms in total. The Kier molecular flexibility index (Phi) is 7.20. The van der Waals surface area contributed by atoms with Gasteiger partial charge in [-0.1, -0.05) is 42.6 Å². The summed E-state index contributed by atoms with van der Waals surface area (Å²) in [6.07, 6.45) is 0.111. The van der Waals surface area contributed by atoms with Gasteiger partial charge in [-0.25, -0.2) is 0 Å². The molecule has 0 radical (unpaired) electrons. The van der Waals surface area contributed by atoms with Crippen molar-refractivity contribution >= 4 is 45.4 Å². The molecule has 1 heterocycles. The van der Waals surface area contributed by atoms with E-state index in [2.05, 4.69) is 9.98 Å². The first-order valence-corrected chi connectivity index (χ1v) is 9.71. The van der Waals surface area contributed by atoms with Crippen LogP contribution in [0.1, 0.15) is 25.3 Å². The molecule has 1 aromatic carbocycles. The van der Waals surface area contributed by atoms with Gasteiger partial charge in [-0.3, -0.25) is 14.2 Å². The Bertz CT molecular complexity index is 827. The Hall–Kier alpha value is -1.44. The first-order chi connectivity index (χ1) is 12.2. The van der Waals surface area contributed by atoms with Crippen LogP contribution in [-0.4, -0.2) is 26.8 Å². The van der Waals surface area contributed by atoms with E-state index in [-0.39, 0.29) is 20.6 Å². The highest BCUT2D eigenvalue weighted by Gasteiger charge is 2.32. The molecule has 0 bridgehead atoms. The highest BCUT2D eigenvalue weighted by molar-refractivity contribution is 7.85. The van der Waals surface area contributed by atoms with Crippen LogP contribution in [0.5, 0.6) is 0 Å². The highest BCUT2D eigenvalue weighted by atomic mass is 35.5. The van der Waals surface area contributed by atoms with Crippen LogP contribution >= 0.6 is 23.2 Å². The lowest BCUT2D eigenvalue weighted by atomic mass is 10.1. The summed E-state index contributed by atoms with van der Waals surface area (Å²) in [5.41, 5.74) is 1.67. The normalized spacial score (nSPS) is 13.7. The fourth-order valence-electron chi connectivity index (χ4n) is 2.19. The van der Waals surface area contributed by atoms with Gasteiger partial charge in [0, 0.05) is 23.7 Å². The summed E-state index contributed by atoms with van der Waals surface area (Å²) >= 11 is 12.1. The fraction of sp³-hybridized carbons (Fsp3) is 0.294. The third-order valence-corrected chi connectivity index (χ3v) is 5.42. The third kappa shape index (κ3) is 5.79. The lowest BCUT2D eigenvalue weighted by Crippen LogP contribution is -2.18. The maximum atomic E-state index is 12.5. The second kappa shape index (κ2) is 8.97. The largest absolute Gasteiger partial charge is 0.400 e. The van der Waals surface area contributed by atoms with Crippen LogP contribution in [0.3, 0.4) is 0 Å². The van der Waals surface area contributed by atoms with Crippen molar-refractivity contribution in [2.24, 2.45) is 4.99 Å². The van der Waals surface area contributed by atoms with Crippen LogP contribution in [0.4, 0.5) is 18.9 Å². The van der Waals surface area contributed by atoms with Crippen LogP contribution < -0.4 is 0 Å². The number of pyridine rings is 1. The third-order valence-electron chi connectivity index (χ3n) is 3.28. The molecule has 0 spiro atoms. The van der Waals surface area contributed by atoms with Gasteiger partial charge in [0.25, 0.3) is 0 Å². The van der Waals surface area contributed by atoms with Gasteiger partial charge >= 0.3 is 6.18 Å². The monoisotopic (exact) mass is 422 g/mol. The molecule has 0 saturated carbocycles. The minimum atomic E-state index is -4.57. The number of rotatable bonds is 6. The van der Waals surface area contributed by atoms with E-state index in [1.165, 1.54) is 12.1 Å². The van der Waals surface area contributed by atoms with Crippen LogP contribution in [0.25, 0.3) is 0 Å². The van der Waals surface area contributed by atoms with Crippen molar-refractivity contribution in [3.8, 4) is 0 Å². The Labute approximate surface area is 161 Å². The SMILES string of the molecule is CCCC(=Nc1cc(S(=O)CC(F)(F)F)c(Cl)cc1Cl)c1cccnc1. The van der Waals surface area contributed by atoms with Crippen molar-refractivity contribution in [1.29, 1.82) is 0 Å². The molecule has 1 atom stereocenters. The Balaban J connectivity index is 2.48. The lowest BCUT2D eigenvalue weighted by Gasteiger charge is -2.11. The molecule has 9 heteroatoms. The smallest absolute Gasteiger partial charge is 0.264 e. The van der Waals surface area contributed by atoms with Crippen molar-refractivity contribution in [2.75, 3.05) is 5.75 Å². The van der Waals surface area contributed by atoms with Gasteiger partial charge in [0.15, 0.2) is 0 Å². The number of benzene rings is 1. The average Bonchev–Trinajstić information content (AvgIpc) is 2.55. The van der Waals surface area contributed by atoms with Crippen LogP contribution in [0.15, 0.2) is 46.5 Å². The summed E-state index contributed by atoms with van der Waals surface area (Å²) in [6.45, 7) is 1.97. The molecule has 1 aromatic heterocycles. The molecule has 2 rings (SSSR count). The number of aromatic nitrogens is 1. The number of nitrogens with zero attached hydrogens (tertiary/aromatic N) is 2. The molecule has 0 N–H and O–H groups in total. The van der Waals surface area contributed by atoms with Gasteiger partial charge in [-0.15, -0.1) is 0 Å². The molecule has 0 amide bonds. The molecule has 0 fully saturated rings. The minimum absolute atomic E-state index is 0.0880. The molecule has 0 aliphatic carbocycles. The van der Waals surface area contributed by atoms with E-state index in [0.717, 1.165) is 12.0 Å². The first-order valence-electron chi connectivity index (χ1n) is 7.63. The van der Waals surface area contributed by atoms with Crippen LogP contribution in [0.2, 0.25) is 10.0 Å². The van der Waals surface area contributed by atoms with Crippen LogP contribution in [0, 0.1) is 0 Å². The molecule has 140 valence electrons. The number of aliphatic imine (C=N–C) groups is 1. The lowest BCUT2D eigenvalue weighted by molar-refractivity contribution is -0.105. The summed E-state index contributed by atoms with van der Waals surface area (Å²) in [5, 5.41) is 0.0789. The van der Waals surface area contributed by atoms with Crippen molar-refractivity contribution in [3.05, 3.63) is 52.3 Å². The zero-order chi connectivity index (χ0) is 19.3. The summed E-state index contributed by atoms with van der Waals surface area (Å²) in [6, 6.07) is 6.10. The van der Waals surface area contributed by atoms with Crippen molar-refractivity contribution in [1.82, 2.24) is 4.98 Å². The standard InChI is InChI=1S/C17H15Cl2F3N2OS/c1-2-4-14(11-5-3-6-23-9-11)24-15-8-16(13(19)7-12(15)18)26(25)10-17(20,21)22/h3,5-9H,2,4,10H2,1H3. The van der Waals surface area contributed by atoms with Crippen molar-refractivity contribution in [3.63, 3.8) is 0 Å². The molecule has 0 saturated heterocycles. The van der Waals surface area contributed by atoms with Gasteiger partial charge in [0.1, 0.15) is 5.75 Å². The van der Waals surface area contributed by atoms with E-state index in [0.29, 0.717) is 12.1 Å². The number of hydrogen-bond acceptors (Lipinski definition) is 3. The first kappa shape index (κ1) is 20.9. The Morgan fingerprint density at radius 1 is 1.27 bits per heavy atom. The Morgan fingerprint density at radius 2 is 2.00 bits per heavy atom. The molecule has 1 unspecified atom stereocenters. The number of hydrogen-bond donors (Lipinski definition) is 0. The van der Waals surface area contributed by atoms with E-state index >= 15 is 0 Å². The number of alkyl halides is 3. The average molecular weight is 423 g/mol.